The lowest BCUT2D eigenvalue weighted by atomic mass is 10.2. The van der Waals surface area contributed by atoms with E-state index in [0.717, 1.165) is 11.3 Å². The number of aryl methyl sites for hydroxylation is 1. The molecule has 0 spiro atoms. The van der Waals surface area contributed by atoms with Crippen LogP contribution >= 0.6 is 0 Å². The van der Waals surface area contributed by atoms with Crippen LogP contribution < -0.4 is 20.2 Å². The van der Waals surface area contributed by atoms with E-state index < -0.39 is 5.91 Å². The molecule has 0 fully saturated rings. The lowest BCUT2D eigenvalue weighted by molar-refractivity contribution is -0.115. The molecule has 0 aliphatic rings. The van der Waals surface area contributed by atoms with Crippen LogP contribution in [-0.4, -0.2) is 31.7 Å². The number of hydrazone groups is 1. The quantitative estimate of drug-likeness (QED) is 0.580. The van der Waals surface area contributed by atoms with Crippen molar-refractivity contribution in [3.05, 3.63) is 53.6 Å². The summed E-state index contributed by atoms with van der Waals surface area (Å²) in [6, 6.07) is 12.3. The summed E-state index contributed by atoms with van der Waals surface area (Å²) in [5.74, 6) is 0.363. The third-order valence-corrected chi connectivity index (χ3v) is 3.71. The molecular weight excluding hydrogens is 346 g/mol. The molecule has 7 heteroatoms. The average molecular weight is 369 g/mol. The van der Waals surface area contributed by atoms with Crippen molar-refractivity contribution in [1.82, 2.24) is 5.43 Å². The first-order valence-electron chi connectivity index (χ1n) is 8.35. The number of hydrogen-bond acceptors (Lipinski definition) is 5. The maximum absolute atomic E-state index is 12.2. The Morgan fingerprint density at radius 2 is 1.78 bits per heavy atom. The van der Waals surface area contributed by atoms with Crippen LogP contribution in [0, 0.1) is 6.92 Å². The molecule has 0 saturated carbocycles. The van der Waals surface area contributed by atoms with Crippen molar-refractivity contribution in [3.8, 4) is 11.5 Å². The van der Waals surface area contributed by atoms with Crippen molar-refractivity contribution in [2.24, 2.45) is 5.10 Å². The Morgan fingerprint density at radius 3 is 2.44 bits per heavy atom. The Hall–Kier alpha value is -3.35. The fourth-order valence-electron chi connectivity index (χ4n) is 2.39. The molecule has 0 atom stereocenters. The van der Waals surface area contributed by atoms with Gasteiger partial charge in [-0.05, 0) is 49.7 Å². The predicted molar refractivity (Wildman–Crippen MR) is 105 cm³/mol. The maximum atomic E-state index is 12.2. The number of rotatable bonds is 7. The molecule has 2 N–H and O–H groups in total. The molecule has 0 unspecified atom stereocenters. The number of carbonyl (C=O) groups is 2. The van der Waals surface area contributed by atoms with Crippen molar-refractivity contribution in [3.63, 3.8) is 0 Å². The predicted octanol–water partition coefficient (Wildman–Crippen LogP) is 3.15. The second-order valence-corrected chi connectivity index (χ2v) is 5.95. The van der Waals surface area contributed by atoms with Crippen LogP contribution in [0.3, 0.4) is 0 Å². The van der Waals surface area contributed by atoms with Gasteiger partial charge in [0, 0.05) is 17.0 Å². The SMILES string of the molecule is COc1ccc(C(=O)N/N=C(\C)CC(=O)Nc2cccc(C)c2)cc1OC. The van der Waals surface area contributed by atoms with E-state index >= 15 is 0 Å². The number of ether oxygens (including phenoxy) is 2. The normalized spacial score (nSPS) is 10.9. The van der Waals surface area contributed by atoms with Gasteiger partial charge in [-0.3, -0.25) is 9.59 Å². The topological polar surface area (TPSA) is 89.0 Å². The highest BCUT2D eigenvalue weighted by Gasteiger charge is 2.11. The molecule has 0 heterocycles. The van der Waals surface area contributed by atoms with Crippen molar-refractivity contribution < 1.29 is 19.1 Å². The maximum Gasteiger partial charge on any atom is 0.271 e. The van der Waals surface area contributed by atoms with Gasteiger partial charge in [0.05, 0.1) is 20.6 Å². The van der Waals surface area contributed by atoms with E-state index in [1.165, 1.54) is 14.2 Å². The summed E-state index contributed by atoms with van der Waals surface area (Å²) in [4.78, 5) is 24.3. The van der Waals surface area contributed by atoms with E-state index in [0.29, 0.717) is 22.8 Å². The molecule has 2 rings (SSSR count). The first-order valence-corrected chi connectivity index (χ1v) is 8.35. The van der Waals surface area contributed by atoms with Gasteiger partial charge >= 0.3 is 0 Å². The average Bonchev–Trinajstić information content (AvgIpc) is 2.65. The lowest BCUT2D eigenvalue weighted by Crippen LogP contribution is -2.21. The Kier molecular flexibility index (Phi) is 6.93. The summed E-state index contributed by atoms with van der Waals surface area (Å²) in [6.07, 6.45) is 0.0696. The van der Waals surface area contributed by atoms with Crippen LogP contribution in [0.2, 0.25) is 0 Å². The molecule has 2 aromatic carbocycles. The first-order chi connectivity index (χ1) is 12.9. The van der Waals surface area contributed by atoms with Crippen molar-refractivity contribution in [2.75, 3.05) is 19.5 Å². The van der Waals surface area contributed by atoms with Crippen LogP contribution in [0.25, 0.3) is 0 Å². The zero-order chi connectivity index (χ0) is 19.8. The molecule has 2 aromatic rings. The van der Waals surface area contributed by atoms with Gasteiger partial charge in [0.25, 0.3) is 5.91 Å². The molecule has 142 valence electrons. The number of hydrogen-bond donors (Lipinski definition) is 2. The van der Waals surface area contributed by atoms with Crippen LogP contribution in [0.1, 0.15) is 29.3 Å². The van der Waals surface area contributed by atoms with Crippen molar-refractivity contribution in [2.45, 2.75) is 20.3 Å². The molecule has 0 aromatic heterocycles. The minimum atomic E-state index is -0.408. The number of anilines is 1. The smallest absolute Gasteiger partial charge is 0.271 e. The van der Waals surface area contributed by atoms with E-state index in [4.69, 9.17) is 9.47 Å². The van der Waals surface area contributed by atoms with Gasteiger partial charge in [-0.15, -0.1) is 0 Å². The molecule has 7 nitrogen and oxygen atoms in total. The fraction of sp³-hybridized carbons (Fsp3) is 0.250. The third-order valence-electron chi connectivity index (χ3n) is 3.71. The number of benzene rings is 2. The van der Waals surface area contributed by atoms with Crippen LogP contribution in [-0.2, 0) is 4.79 Å². The molecule has 27 heavy (non-hydrogen) atoms. The summed E-state index contributed by atoms with van der Waals surface area (Å²) in [7, 11) is 3.02. The van der Waals surface area contributed by atoms with E-state index in [1.807, 2.05) is 31.2 Å². The molecule has 0 bridgehead atoms. The summed E-state index contributed by atoms with van der Waals surface area (Å²) in [5, 5.41) is 6.78. The van der Waals surface area contributed by atoms with E-state index in [9.17, 15) is 9.59 Å². The molecule has 0 aliphatic heterocycles. The zero-order valence-corrected chi connectivity index (χ0v) is 15.8. The number of nitrogens with zero attached hydrogens (tertiary/aromatic N) is 1. The van der Waals surface area contributed by atoms with E-state index in [2.05, 4.69) is 15.8 Å². The van der Waals surface area contributed by atoms with Crippen molar-refractivity contribution in [1.29, 1.82) is 0 Å². The minimum Gasteiger partial charge on any atom is -0.493 e. The standard InChI is InChI=1S/C20H23N3O4/c1-13-6-5-7-16(10-13)21-19(24)11-14(2)22-23-20(25)15-8-9-17(26-3)18(12-15)27-4/h5-10,12H,11H2,1-4H3,(H,21,24)(H,23,25)/b22-14+. The first kappa shape index (κ1) is 20.0. The summed E-state index contributed by atoms with van der Waals surface area (Å²) >= 11 is 0. The second-order valence-electron chi connectivity index (χ2n) is 5.95. The zero-order valence-electron chi connectivity index (χ0n) is 15.8. The number of carbonyl (C=O) groups excluding carboxylic acids is 2. The lowest BCUT2D eigenvalue weighted by Gasteiger charge is -2.09. The van der Waals surface area contributed by atoms with Crippen molar-refractivity contribution >= 4 is 23.2 Å². The highest BCUT2D eigenvalue weighted by atomic mass is 16.5. The second kappa shape index (κ2) is 9.38. The highest BCUT2D eigenvalue weighted by molar-refractivity contribution is 6.06. The number of amides is 2. The van der Waals surface area contributed by atoms with Gasteiger partial charge in [0.1, 0.15) is 0 Å². The Balaban J connectivity index is 1.94. The summed E-state index contributed by atoms with van der Waals surface area (Å²) < 4.78 is 10.3. The molecule has 0 radical (unpaired) electrons. The Morgan fingerprint density at radius 1 is 1.04 bits per heavy atom. The third kappa shape index (κ3) is 5.85. The highest BCUT2D eigenvalue weighted by Crippen LogP contribution is 2.27. The number of methoxy groups -OCH3 is 2. The van der Waals surface area contributed by atoms with E-state index in [-0.39, 0.29) is 12.3 Å². The fourth-order valence-corrected chi connectivity index (χ4v) is 2.39. The molecule has 0 saturated heterocycles. The van der Waals surface area contributed by atoms with Crippen LogP contribution in [0.5, 0.6) is 11.5 Å². The molecular formula is C20H23N3O4. The number of nitrogens with one attached hydrogen (secondary N) is 2. The van der Waals surface area contributed by atoms with Gasteiger partial charge in [0.15, 0.2) is 11.5 Å². The van der Waals surface area contributed by atoms with Gasteiger partial charge in [-0.2, -0.15) is 5.10 Å². The summed E-state index contributed by atoms with van der Waals surface area (Å²) in [5.41, 5.74) is 5.07. The molecule has 0 aliphatic carbocycles. The van der Waals surface area contributed by atoms with Gasteiger partial charge < -0.3 is 14.8 Å². The Bertz CT molecular complexity index is 862. The van der Waals surface area contributed by atoms with Gasteiger partial charge in [-0.25, -0.2) is 5.43 Å². The largest absolute Gasteiger partial charge is 0.493 e. The van der Waals surface area contributed by atoms with Crippen LogP contribution in [0.15, 0.2) is 47.6 Å². The molecule has 2 amide bonds. The van der Waals surface area contributed by atoms with Crippen LogP contribution in [0.4, 0.5) is 5.69 Å². The van der Waals surface area contributed by atoms with Gasteiger partial charge in [-0.1, -0.05) is 12.1 Å². The Labute approximate surface area is 158 Å². The summed E-state index contributed by atoms with van der Waals surface area (Å²) in [6.45, 7) is 3.62. The van der Waals surface area contributed by atoms with E-state index in [1.54, 1.807) is 25.1 Å². The minimum absolute atomic E-state index is 0.0696. The monoisotopic (exact) mass is 369 g/mol. The van der Waals surface area contributed by atoms with Gasteiger partial charge in [0.2, 0.25) is 5.91 Å².